The van der Waals surface area contributed by atoms with Crippen molar-refractivity contribution in [2.45, 2.75) is 25.5 Å². The molecule has 1 aromatic carbocycles. The van der Waals surface area contributed by atoms with Gasteiger partial charge in [0, 0.05) is 10.4 Å². The summed E-state index contributed by atoms with van der Waals surface area (Å²) in [5.74, 6) is 0.348. The molecule has 0 fully saturated rings. The fourth-order valence-corrected chi connectivity index (χ4v) is 1.97. The highest BCUT2D eigenvalue weighted by molar-refractivity contribution is 8.01. The van der Waals surface area contributed by atoms with Crippen molar-refractivity contribution in [3.05, 3.63) is 23.2 Å². The second kappa shape index (κ2) is 5.65. The van der Waals surface area contributed by atoms with E-state index in [1.165, 1.54) is 0 Å². The first-order chi connectivity index (χ1) is 7.78. The Morgan fingerprint density at radius 1 is 1.47 bits per heavy atom. The van der Waals surface area contributed by atoms with Crippen LogP contribution >= 0.6 is 23.4 Å². The van der Waals surface area contributed by atoms with Gasteiger partial charge in [-0.2, -0.15) is 0 Å². The third-order valence-corrected chi connectivity index (χ3v) is 3.49. The number of anilines is 2. The van der Waals surface area contributed by atoms with Gasteiger partial charge in [0.05, 0.1) is 16.5 Å². The molecular formula is C12H17ClN2OS. The van der Waals surface area contributed by atoms with Crippen LogP contribution < -0.4 is 11.1 Å². The zero-order valence-electron chi connectivity index (χ0n) is 10.2. The summed E-state index contributed by atoms with van der Waals surface area (Å²) in [7, 11) is 0. The van der Waals surface area contributed by atoms with Gasteiger partial charge in [-0.25, -0.2) is 0 Å². The first kappa shape index (κ1) is 14.2. The van der Waals surface area contributed by atoms with E-state index in [-0.39, 0.29) is 10.7 Å². The average molecular weight is 273 g/mol. The minimum absolute atomic E-state index is 0.0587. The largest absolute Gasteiger partial charge is 0.399 e. The lowest BCUT2D eigenvalue weighted by Crippen LogP contribution is -2.19. The van der Waals surface area contributed by atoms with Crippen molar-refractivity contribution in [3.8, 4) is 0 Å². The summed E-state index contributed by atoms with van der Waals surface area (Å²) in [5.41, 5.74) is 6.75. The number of rotatable bonds is 3. The number of nitrogens with one attached hydrogen (secondary N) is 1. The van der Waals surface area contributed by atoms with Crippen molar-refractivity contribution < 1.29 is 4.79 Å². The average Bonchev–Trinajstić information content (AvgIpc) is 2.18. The Morgan fingerprint density at radius 2 is 2.12 bits per heavy atom. The summed E-state index contributed by atoms with van der Waals surface area (Å²) in [6.07, 6.45) is 0. The molecule has 0 spiro atoms. The summed E-state index contributed by atoms with van der Waals surface area (Å²) < 4.78 is 0.0717. The molecule has 0 saturated heterocycles. The SMILES string of the molecule is CC(C)(C)SCC(=O)Nc1ccc(N)cc1Cl. The maximum absolute atomic E-state index is 11.7. The van der Waals surface area contributed by atoms with Gasteiger partial charge in [-0.05, 0) is 18.2 Å². The van der Waals surface area contributed by atoms with E-state index in [1.54, 1.807) is 30.0 Å². The molecule has 17 heavy (non-hydrogen) atoms. The lowest BCUT2D eigenvalue weighted by Gasteiger charge is -2.17. The van der Waals surface area contributed by atoms with Gasteiger partial charge in [-0.1, -0.05) is 32.4 Å². The van der Waals surface area contributed by atoms with Crippen molar-refractivity contribution in [1.29, 1.82) is 0 Å². The van der Waals surface area contributed by atoms with Crippen LogP contribution in [0.4, 0.5) is 11.4 Å². The molecule has 0 aliphatic carbocycles. The summed E-state index contributed by atoms with van der Waals surface area (Å²) in [4.78, 5) is 11.7. The molecule has 0 unspecified atom stereocenters. The summed E-state index contributed by atoms with van der Waals surface area (Å²) in [6, 6.07) is 5.03. The Kier molecular flexibility index (Phi) is 4.71. The van der Waals surface area contributed by atoms with Crippen LogP contribution in [0, 0.1) is 0 Å². The molecule has 5 heteroatoms. The van der Waals surface area contributed by atoms with E-state index < -0.39 is 0 Å². The Balaban J connectivity index is 2.57. The van der Waals surface area contributed by atoms with Crippen LogP contribution in [0.5, 0.6) is 0 Å². The van der Waals surface area contributed by atoms with Crippen molar-refractivity contribution in [2.24, 2.45) is 0 Å². The third kappa shape index (κ3) is 5.33. The Hall–Kier alpha value is -0.870. The van der Waals surface area contributed by atoms with Crippen LogP contribution in [-0.4, -0.2) is 16.4 Å². The van der Waals surface area contributed by atoms with Gasteiger partial charge < -0.3 is 11.1 Å². The zero-order chi connectivity index (χ0) is 13.1. The third-order valence-electron chi connectivity index (χ3n) is 1.90. The summed E-state index contributed by atoms with van der Waals surface area (Å²) in [6.45, 7) is 6.21. The highest BCUT2D eigenvalue weighted by Gasteiger charge is 2.14. The van der Waals surface area contributed by atoms with Crippen LogP contribution in [0.15, 0.2) is 18.2 Å². The number of nitrogen functional groups attached to an aromatic ring is 1. The highest BCUT2D eigenvalue weighted by atomic mass is 35.5. The van der Waals surface area contributed by atoms with Crippen molar-refractivity contribution in [2.75, 3.05) is 16.8 Å². The molecule has 3 N–H and O–H groups in total. The topological polar surface area (TPSA) is 55.1 Å². The minimum Gasteiger partial charge on any atom is -0.399 e. The second-order valence-corrected chi connectivity index (χ2v) is 6.90. The number of hydrogen-bond donors (Lipinski definition) is 2. The van der Waals surface area contributed by atoms with Crippen molar-refractivity contribution in [1.82, 2.24) is 0 Å². The van der Waals surface area contributed by atoms with Crippen molar-refractivity contribution >= 4 is 40.6 Å². The van der Waals surface area contributed by atoms with Gasteiger partial charge >= 0.3 is 0 Å². The Morgan fingerprint density at radius 3 is 2.65 bits per heavy atom. The summed E-state index contributed by atoms with van der Waals surface area (Å²) >= 11 is 7.55. The molecule has 0 aliphatic heterocycles. The minimum atomic E-state index is -0.0587. The molecule has 0 heterocycles. The van der Waals surface area contributed by atoms with E-state index in [4.69, 9.17) is 17.3 Å². The van der Waals surface area contributed by atoms with E-state index >= 15 is 0 Å². The lowest BCUT2D eigenvalue weighted by molar-refractivity contribution is -0.113. The molecule has 1 aromatic rings. The van der Waals surface area contributed by atoms with Crippen LogP contribution in [0.25, 0.3) is 0 Å². The number of thioether (sulfide) groups is 1. The van der Waals surface area contributed by atoms with Crippen LogP contribution in [0.1, 0.15) is 20.8 Å². The standard InChI is InChI=1S/C12H17ClN2OS/c1-12(2,3)17-7-11(16)15-10-5-4-8(14)6-9(10)13/h4-6H,7,14H2,1-3H3,(H,15,16). The Labute approximate surface area is 111 Å². The van der Waals surface area contributed by atoms with E-state index in [1.807, 2.05) is 0 Å². The maximum Gasteiger partial charge on any atom is 0.234 e. The highest BCUT2D eigenvalue weighted by Crippen LogP contribution is 2.26. The fraction of sp³-hybridized carbons (Fsp3) is 0.417. The van der Waals surface area contributed by atoms with E-state index in [2.05, 4.69) is 26.1 Å². The van der Waals surface area contributed by atoms with E-state index in [9.17, 15) is 4.79 Å². The van der Waals surface area contributed by atoms with Crippen LogP contribution in [-0.2, 0) is 4.79 Å². The Bertz CT molecular complexity index is 415. The predicted octanol–water partition coefficient (Wildman–Crippen LogP) is 3.39. The van der Waals surface area contributed by atoms with Crippen LogP contribution in [0.2, 0.25) is 5.02 Å². The first-order valence-electron chi connectivity index (χ1n) is 5.27. The summed E-state index contributed by atoms with van der Waals surface area (Å²) in [5, 5.41) is 3.22. The number of halogens is 1. The smallest absolute Gasteiger partial charge is 0.234 e. The van der Waals surface area contributed by atoms with Gasteiger partial charge in [0.1, 0.15) is 0 Å². The normalized spacial score (nSPS) is 11.3. The van der Waals surface area contributed by atoms with Crippen molar-refractivity contribution in [3.63, 3.8) is 0 Å². The number of carbonyl (C=O) groups excluding carboxylic acids is 1. The quantitative estimate of drug-likeness (QED) is 0.830. The molecule has 94 valence electrons. The number of nitrogens with two attached hydrogens (primary N) is 1. The maximum atomic E-state index is 11.7. The van der Waals surface area contributed by atoms with E-state index in [0.29, 0.717) is 22.2 Å². The van der Waals surface area contributed by atoms with Crippen LogP contribution in [0.3, 0.4) is 0 Å². The van der Waals surface area contributed by atoms with Gasteiger partial charge in [0.15, 0.2) is 0 Å². The number of hydrogen-bond acceptors (Lipinski definition) is 3. The van der Waals surface area contributed by atoms with Gasteiger partial charge in [-0.3, -0.25) is 4.79 Å². The monoisotopic (exact) mass is 272 g/mol. The first-order valence-corrected chi connectivity index (χ1v) is 6.63. The van der Waals surface area contributed by atoms with E-state index in [0.717, 1.165) is 0 Å². The number of benzene rings is 1. The molecule has 1 amide bonds. The molecule has 0 saturated carbocycles. The molecule has 0 aliphatic rings. The molecule has 1 rings (SSSR count). The van der Waals surface area contributed by atoms with Gasteiger partial charge in [-0.15, -0.1) is 11.8 Å². The molecule has 0 aromatic heterocycles. The lowest BCUT2D eigenvalue weighted by atomic mass is 10.3. The molecule has 3 nitrogen and oxygen atoms in total. The number of carbonyl (C=O) groups is 1. The predicted molar refractivity (Wildman–Crippen MR) is 76.7 cm³/mol. The second-order valence-electron chi connectivity index (χ2n) is 4.69. The van der Waals surface area contributed by atoms with Gasteiger partial charge in [0.2, 0.25) is 5.91 Å². The molecule has 0 radical (unpaired) electrons. The molecule has 0 atom stereocenters. The number of amides is 1. The van der Waals surface area contributed by atoms with Gasteiger partial charge in [0.25, 0.3) is 0 Å². The molecular weight excluding hydrogens is 256 g/mol. The fourth-order valence-electron chi connectivity index (χ4n) is 1.10. The molecule has 0 bridgehead atoms. The zero-order valence-corrected chi connectivity index (χ0v) is 11.8.